The first-order chi connectivity index (χ1) is 7.83. The van der Waals surface area contributed by atoms with Crippen molar-refractivity contribution in [3.8, 4) is 0 Å². The number of aryl methyl sites for hydroxylation is 1. The lowest BCUT2D eigenvalue weighted by atomic mass is 10.1. The van der Waals surface area contributed by atoms with E-state index in [4.69, 9.17) is 0 Å². The van der Waals surface area contributed by atoms with Crippen LogP contribution in [0.4, 0.5) is 5.69 Å². The van der Waals surface area contributed by atoms with Crippen LogP contribution in [0.3, 0.4) is 0 Å². The minimum absolute atomic E-state index is 0.643. The number of hydrogen-bond donors (Lipinski definition) is 1. The largest absolute Gasteiger partial charge is 0.381 e. The van der Waals surface area contributed by atoms with E-state index in [1.54, 1.807) is 0 Å². The number of anilines is 1. The number of nitrogens with one attached hydrogen (secondary N) is 1. The number of fused-ring (bicyclic) bond motifs is 1. The van der Waals surface area contributed by atoms with Gasteiger partial charge in [0.25, 0.3) is 0 Å². The van der Waals surface area contributed by atoms with Crippen LogP contribution >= 0.6 is 0 Å². The zero-order valence-electron chi connectivity index (χ0n) is 9.82. The topological polar surface area (TPSA) is 28.2 Å². The summed E-state index contributed by atoms with van der Waals surface area (Å²) in [5.41, 5.74) is 2.32. The predicted molar refractivity (Wildman–Crippen MR) is 65.6 cm³/mol. The van der Waals surface area contributed by atoms with Crippen LogP contribution < -0.4 is 5.32 Å². The van der Waals surface area contributed by atoms with Gasteiger partial charge in [-0.25, -0.2) is 0 Å². The third-order valence-electron chi connectivity index (χ3n) is 3.85. The fraction of sp³-hybridized carbons (Fsp3) is 0.615. The molecule has 0 saturated carbocycles. The maximum atomic E-state index is 4.23. The van der Waals surface area contributed by atoms with Crippen molar-refractivity contribution in [1.82, 2.24) is 9.88 Å². The molecule has 1 N–H and O–H groups in total. The Balaban J connectivity index is 1.71. The fourth-order valence-electron chi connectivity index (χ4n) is 3.10. The molecule has 0 spiro atoms. The quantitative estimate of drug-likeness (QED) is 0.821. The van der Waals surface area contributed by atoms with E-state index >= 15 is 0 Å². The molecule has 2 aliphatic rings. The average Bonchev–Trinajstić information content (AvgIpc) is 2.83. The molecule has 0 amide bonds. The van der Waals surface area contributed by atoms with Gasteiger partial charge in [0.2, 0.25) is 0 Å². The lowest BCUT2D eigenvalue weighted by Crippen LogP contribution is -2.33. The summed E-state index contributed by atoms with van der Waals surface area (Å²) in [5.74, 6) is 0. The molecule has 0 radical (unpaired) electrons. The Kier molecular flexibility index (Phi) is 2.56. The maximum absolute atomic E-state index is 4.23. The lowest BCUT2D eigenvalue weighted by Gasteiger charge is -2.22. The molecular formula is C13H19N3. The van der Waals surface area contributed by atoms with E-state index < -0.39 is 0 Å². The van der Waals surface area contributed by atoms with Gasteiger partial charge in [-0.2, -0.15) is 0 Å². The third kappa shape index (κ3) is 1.80. The SMILES string of the molecule is Cc1cc(NC2CCN3CCCC23)ccn1. The average molecular weight is 217 g/mol. The van der Waals surface area contributed by atoms with Crippen LogP contribution in [-0.4, -0.2) is 35.1 Å². The zero-order chi connectivity index (χ0) is 11.0. The summed E-state index contributed by atoms with van der Waals surface area (Å²) in [6.07, 6.45) is 5.91. The number of nitrogens with zero attached hydrogens (tertiary/aromatic N) is 2. The van der Waals surface area contributed by atoms with Gasteiger partial charge in [0, 0.05) is 36.2 Å². The number of aromatic nitrogens is 1. The molecule has 3 heterocycles. The Morgan fingerprint density at radius 3 is 3.19 bits per heavy atom. The third-order valence-corrected chi connectivity index (χ3v) is 3.85. The van der Waals surface area contributed by atoms with Gasteiger partial charge in [0.1, 0.15) is 0 Å². The van der Waals surface area contributed by atoms with Crippen LogP contribution in [0.2, 0.25) is 0 Å². The predicted octanol–water partition coefficient (Wildman–Crippen LogP) is 2.04. The Morgan fingerprint density at radius 2 is 2.31 bits per heavy atom. The summed E-state index contributed by atoms with van der Waals surface area (Å²) in [6, 6.07) is 5.63. The summed E-state index contributed by atoms with van der Waals surface area (Å²) >= 11 is 0. The lowest BCUT2D eigenvalue weighted by molar-refractivity contribution is 0.318. The first-order valence-corrected chi connectivity index (χ1v) is 6.26. The highest BCUT2D eigenvalue weighted by molar-refractivity contribution is 5.44. The number of pyridine rings is 1. The molecule has 1 aromatic heterocycles. The molecule has 3 nitrogen and oxygen atoms in total. The molecule has 86 valence electrons. The second-order valence-corrected chi connectivity index (χ2v) is 4.97. The van der Waals surface area contributed by atoms with Crippen molar-refractivity contribution in [2.24, 2.45) is 0 Å². The molecule has 0 aliphatic carbocycles. The van der Waals surface area contributed by atoms with Crippen LogP contribution in [0, 0.1) is 6.92 Å². The van der Waals surface area contributed by atoms with Gasteiger partial charge in [-0.15, -0.1) is 0 Å². The van der Waals surface area contributed by atoms with Crippen LogP contribution in [0.25, 0.3) is 0 Å². The Hall–Kier alpha value is -1.09. The summed E-state index contributed by atoms with van der Waals surface area (Å²) < 4.78 is 0. The molecule has 1 aromatic rings. The summed E-state index contributed by atoms with van der Waals surface area (Å²) in [6.45, 7) is 4.62. The van der Waals surface area contributed by atoms with Crippen LogP contribution in [0.1, 0.15) is 25.0 Å². The number of rotatable bonds is 2. The van der Waals surface area contributed by atoms with Crippen molar-refractivity contribution in [2.75, 3.05) is 18.4 Å². The molecule has 2 atom stereocenters. The highest BCUT2D eigenvalue weighted by Gasteiger charge is 2.36. The normalized spacial score (nSPS) is 29.3. The molecule has 2 unspecified atom stereocenters. The van der Waals surface area contributed by atoms with Gasteiger partial charge in [-0.05, 0) is 44.9 Å². The highest BCUT2D eigenvalue weighted by Crippen LogP contribution is 2.29. The molecule has 0 bridgehead atoms. The molecular weight excluding hydrogens is 198 g/mol. The molecule has 2 saturated heterocycles. The minimum atomic E-state index is 0.643. The number of hydrogen-bond acceptors (Lipinski definition) is 3. The second kappa shape index (κ2) is 4.06. The first kappa shape index (κ1) is 10.1. The van der Waals surface area contributed by atoms with E-state index in [9.17, 15) is 0 Å². The van der Waals surface area contributed by atoms with E-state index in [1.165, 1.54) is 38.0 Å². The van der Waals surface area contributed by atoms with Crippen molar-refractivity contribution >= 4 is 5.69 Å². The van der Waals surface area contributed by atoms with Gasteiger partial charge in [0.15, 0.2) is 0 Å². The van der Waals surface area contributed by atoms with Crippen LogP contribution in [0.15, 0.2) is 18.3 Å². The van der Waals surface area contributed by atoms with Crippen molar-refractivity contribution in [1.29, 1.82) is 0 Å². The monoisotopic (exact) mass is 217 g/mol. The van der Waals surface area contributed by atoms with E-state index in [2.05, 4.69) is 27.3 Å². The van der Waals surface area contributed by atoms with Gasteiger partial charge in [-0.3, -0.25) is 9.88 Å². The maximum Gasteiger partial charge on any atom is 0.0429 e. The van der Waals surface area contributed by atoms with Crippen molar-refractivity contribution < 1.29 is 0 Å². The van der Waals surface area contributed by atoms with Crippen molar-refractivity contribution in [2.45, 2.75) is 38.3 Å². The molecule has 3 rings (SSSR count). The van der Waals surface area contributed by atoms with Crippen molar-refractivity contribution in [3.05, 3.63) is 24.0 Å². The molecule has 3 heteroatoms. The molecule has 16 heavy (non-hydrogen) atoms. The summed E-state index contributed by atoms with van der Waals surface area (Å²) in [7, 11) is 0. The summed E-state index contributed by atoms with van der Waals surface area (Å²) in [5, 5.41) is 3.67. The molecule has 2 aliphatic heterocycles. The smallest absolute Gasteiger partial charge is 0.0429 e. The van der Waals surface area contributed by atoms with E-state index in [-0.39, 0.29) is 0 Å². The molecule has 0 aromatic carbocycles. The fourth-order valence-corrected chi connectivity index (χ4v) is 3.10. The van der Waals surface area contributed by atoms with Gasteiger partial charge in [-0.1, -0.05) is 0 Å². The Labute approximate surface area is 96.9 Å². The summed E-state index contributed by atoms with van der Waals surface area (Å²) in [4.78, 5) is 6.86. The second-order valence-electron chi connectivity index (χ2n) is 4.97. The first-order valence-electron chi connectivity index (χ1n) is 6.26. The van der Waals surface area contributed by atoms with Crippen molar-refractivity contribution in [3.63, 3.8) is 0 Å². The van der Waals surface area contributed by atoms with Gasteiger partial charge >= 0.3 is 0 Å². The Morgan fingerprint density at radius 1 is 1.38 bits per heavy atom. The molecule has 2 fully saturated rings. The van der Waals surface area contributed by atoms with Crippen LogP contribution in [0.5, 0.6) is 0 Å². The van der Waals surface area contributed by atoms with Gasteiger partial charge in [0.05, 0.1) is 0 Å². The highest BCUT2D eigenvalue weighted by atomic mass is 15.2. The van der Waals surface area contributed by atoms with E-state index in [0.717, 1.165) is 11.7 Å². The minimum Gasteiger partial charge on any atom is -0.381 e. The van der Waals surface area contributed by atoms with E-state index in [1.807, 2.05) is 13.1 Å². The Bertz CT molecular complexity index is 377. The van der Waals surface area contributed by atoms with E-state index in [0.29, 0.717) is 6.04 Å². The zero-order valence-corrected chi connectivity index (χ0v) is 9.82. The van der Waals surface area contributed by atoms with Gasteiger partial charge < -0.3 is 5.32 Å². The van der Waals surface area contributed by atoms with Crippen LogP contribution in [-0.2, 0) is 0 Å². The standard InChI is InChI=1S/C13H19N3/c1-10-9-11(4-6-14-10)15-12-5-8-16-7-2-3-13(12)16/h4,6,9,12-13H,2-3,5,7-8H2,1H3,(H,14,15).